The first-order valence-electron chi connectivity index (χ1n) is 6.76. The number of aliphatic hydroxyl groups excluding tert-OH is 1. The van der Waals surface area contributed by atoms with Crippen LogP contribution in [0.15, 0.2) is 73.1 Å². The highest BCUT2D eigenvalue weighted by Crippen LogP contribution is 2.21. The zero-order valence-electron chi connectivity index (χ0n) is 11.4. The number of carbonyl (C=O) groups excluding carboxylic acids is 1. The molecule has 0 atom stereocenters. The number of rotatable bonds is 4. The van der Waals surface area contributed by atoms with Crippen LogP contribution in [0.1, 0.15) is 10.4 Å². The van der Waals surface area contributed by atoms with Gasteiger partial charge in [0.1, 0.15) is 6.61 Å². The molecule has 0 aliphatic heterocycles. The average Bonchev–Trinajstić information content (AvgIpc) is 3.05. The Morgan fingerprint density at radius 3 is 2.24 bits per heavy atom. The third kappa shape index (κ3) is 2.78. The minimum atomic E-state index is -0.461. The first-order valence-corrected chi connectivity index (χ1v) is 6.76. The Bertz CT molecular complexity index is 742. The summed E-state index contributed by atoms with van der Waals surface area (Å²) in [6.07, 6.45) is 3.55. The molecule has 3 heteroatoms. The Balaban J connectivity index is 1.87. The SMILES string of the molecule is O=C(CO)c1ccn(-c2ccc(-c3ccccc3)cc2)c1. The van der Waals surface area contributed by atoms with Gasteiger partial charge in [0.15, 0.2) is 5.78 Å². The molecule has 2 aromatic carbocycles. The van der Waals surface area contributed by atoms with Gasteiger partial charge in [0.25, 0.3) is 0 Å². The van der Waals surface area contributed by atoms with E-state index in [-0.39, 0.29) is 5.78 Å². The second kappa shape index (κ2) is 5.77. The first kappa shape index (κ1) is 13.3. The molecule has 0 saturated heterocycles. The summed E-state index contributed by atoms with van der Waals surface area (Å²) in [5.74, 6) is -0.269. The smallest absolute Gasteiger partial charge is 0.189 e. The van der Waals surface area contributed by atoms with Crippen molar-refractivity contribution >= 4 is 5.78 Å². The topological polar surface area (TPSA) is 42.2 Å². The molecule has 0 radical (unpaired) electrons. The zero-order chi connectivity index (χ0) is 14.7. The summed E-state index contributed by atoms with van der Waals surface area (Å²) >= 11 is 0. The molecular weight excluding hydrogens is 262 g/mol. The number of hydrogen-bond donors (Lipinski definition) is 1. The zero-order valence-corrected chi connectivity index (χ0v) is 11.4. The molecule has 0 spiro atoms. The third-order valence-corrected chi connectivity index (χ3v) is 3.43. The summed E-state index contributed by atoms with van der Waals surface area (Å²) in [6.45, 7) is -0.461. The molecule has 21 heavy (non-hydrogen) atoms. The van der Waals surface area contributed by atoms with E-state index in [1.165, 1.54) is 5.56 Å². The van der Waals surface area contributed by atoms with Crippen molar-refractivity contribution in [2.24, 2.45) is 0 Å². The molecular formula is C18H15NO2. The second-order valence-electron chi connectivity index (χ2n) is 4.80. The number of ketones is 1. The van der Waals surface area contributed by atoms with Crippen molar-refractivity contribution in [2.45, 2.75) is 0 Å². The van der Waals surface area contributed by atoms with E-state index in [2.05, 4.69) is 24.3 Å². The van der Waals surface area contributed by atoms with E-state index in [0.717, 1.165) is 11.3 Å². The third-order valence-electron chi connectivity index (χ3n) is 3.43. The van der Waals surface area contributed by atoms with Gasteiger partial charge in [-0.3, -0.25) is 4.79 Å². The number of carbonyl (C=O) groups is 1. The van der Waals surface area contributed by atoms with E-state index in [1.54, 1.807) is 12.3 Å². The summed E-state index contributed by atoms with van der Waals surface area (Å²) in [7, 11) is 0. The molecule has 3 aromatic rings. The van der Waals surface area contributed by atoms with Gasteiger partial charge in [-0.25, -0.2) is 0 Å². The van der Waals surface area contributed by atoms with E-state index in [9.17, 15) is 4.79 Å². The van der Waals surface area contributed by atoms with Crippen LogP contribution >= 0.6 is 0 Å². The number of Topliss-reactive ketones (excluding diaryl/α,β-unsaturated/α-hetero) is 1. The highest BCUT2D eigenvalue weighted by atomic mass is 16.3. The maximum Gasteiger partial charge on any atom is 0.189 e. The van der Waals surface area contributed by atoms with Crippen molar-refractivity contribution < 1.29 is 9.90 Å². The van der Waals surface area contributed by atoms with E-state index < -0.39 is 6.61 Å². The van der Waals surface area contributed by atoms with Gasteiger partial charge in [0.2, 0.25) is 0 Å². The van der Waals surface area contributed by atoms with Crippen molar-refractivity contribution in [1.82, 2.24) is 4.57 Å². The molecule has 0 fully saturated rings. The van der Waals surface area contributed by atoms with Crippen LogP contribution in [-0.2, 0) is 0 Å². The Morgan fingerprint density at radius 2 is 1.57 bits per heavy atom. The van der Waals surface area contributed by atoms with Crippen LogP contribution in [-0.4, -0.2) is 22.1 Å². The van der Waals surface area contributed by atoms with Crippen LogP contribution in [0.3, 0.4) is 0 Å². The van der Waals surface area contributed by atoms with Crippen LogP contribution in [0.4, 0.5) is 0 Å². The molecule has 1 N–H and O–H groups in total. The maximum absolute atomic E-state index is 11.4. The number of aromatic nitrogens is 1. The van der Waals surface area contributed by atoms with Crippen LogP contribution < -0.4 is 0 Å². The summed E-state index contributed by atoms with van der Waals surface area (Å²) in [6, 6.07) is 20.0. The van der Waals surface area contributed by atoms with Gasteiger partial charge >= 0.3 is 0 Å². The van der Waals surface area contributed by atoms with Gasteiger partial charge in [0.05, 0.1) is 0 Å². The molecule has 0 aliphatic rings. The molecule has 0 amide bonds. The van der Waals surface area contributed by atoms with Crippen molar-refractivity contribution in [1.29, 1.82) is 0 Å². The maximum atomic E-state index is 11.4. The van der Waals surface area contributed by atoms with Crippen molar-refractivity contribution in [3.05, 3.63) is 78.6 Å². The standard InChI is InChI=1S/C18H15NO2/c20-13-18(21)16-10-11-19(12-16)17-8-6-15(7-9-17)14-4-2-1-3-5-14/h1-12,20H,13H2. The monoisotopic (exact) mass is 277 g/mol. The fourth-order valence-corrected chi connectivity index (χ4v) is 2.27. The molecule has 3 nitrogen and oxygen atoms in total. The van der Waals surface area contributed by atoms with E-state index in [0.29, 0.717) is 5.56 Å². The fraction of sp³-hybridized carbons (Fsp3) is 0.0556. The van der Waals surface area contributed by atoms with E-state index in [1.807, 2.05) is 41.1 Å². The van der Waals surface area contributed by atoms with Gasteiger partial charge < -0.3 is 9.67 Å². The molecule has 3 rings (SSSR count). The number of benzene rings is 2. The van der Waals surface area contributed by atoms with Gasteiger partial charge in [0, 0.05) is 23.6 Å². The lowest BCUT2D eigenvalue weighted by atomic mass is 10.1. The van der Waals surface area contributed by atoms with Crippen molar-refractivity contribution in [3.8, 4) is 16.8 Å². The minimum absolute atomic E-state index is 0.269. The predicted octanol–water partition coefficient (Wildman–Crippen LogP) is 3.32. The average molecular weight is 277 g/mol. The predicted molar refractivity (Wildman–Crippen MR) is 82.6 cm³/mol. The Morgan fingerprint density at radius 1 is 0.905 bits per heavy atom. The lowest BCUT2D eigenvalue weighted by Gasteiger charge is -2.05. The van der Waals surface area contributed by atoms with Crippen LogP contribution in [0.2, 0.25) is 0 Å². The molecule has 1 aromatic heterocycles. The number of aliphatic hydroxyl groups is 1. The molecule has 104 valence electrons. The highest BCUT2D eigenvalue weighted by molar-refractivity contribution is 5.96. The summed E-state index contributed by atoms with van der Waals surface area (Å²) in [4.78, 5) is 11.4. The molecule has 0 aliphatic carbocycles. The van der Waals surface area contributed by atoms with Gasteiger partial charge in [-0.1, -0.05) is 42.5 Å². The number of hydrogen-bond acceptors (Lipinski definition) is 2. The Hall–Kier alpha value is -2.65. The Labute approximate surface area is 123 Å². The van der Waals surface area contributed by atoms with Gasteiger partial charge in [-0.15, -0.1) is 0 Å². The summed E-state index contributed by atoms with van der Waals surface area (Å²) in [5, 5.41) is 8.87. The van der Waals surface area contributed by atoms with Gasteiger partial charge in [-0.2, -0.15) is 0 Å². The number of nitrogens with zero attached hydrogens (tertiary/aromatic N) is 1. The van der Waals surface area contributed by atoms with Crippen molar-refractivity contribution in [2.75, 3.05) is 6.61 Å². The van der Waals surface area contributed by atoms with Gasteiger partial charge in [-0.05, 0) is 29.3 Å². The first-order chi connectivity index (χ1) is 10.3. The minimum Gasteiger partial charge on any atom is -0.388 e. The lowest BCUT2D eigenvalue weighted by molar-refractivity contribution is 0.0904. The van der Waals surface area contributed by atoms with E-state index >= 15 is 0 Å². The van der Waals surface area contributed by atoms with Crippen molar-refractivity contribution in [3.63, 3.8) is 0 Å². The molecule has 0 unspecified atom stereocenters. The lowest BCUT2D eigenvalue weighted by Crippen LogP contribution is -2.02. The second-order valence-corrected chi connectivity index (χ2v) is 4.80. The van der Waals surface area contributed by atoms with Crippen LogP contribution in [0.5, 0.6) is 0 Å². The normalized spacial score (nSPS) is 10.5. The largest absolute Gasteiger partial charge is 0.388 e. The molecule has 0 saturated carbocycles. The molecule has 0 bridgehead atoms. The quantitative estimate of drug-likeness (QED) is 0.743. The summed E-state index contributed by atoms with van der Waals surface area (Å²) < 4.78 is 1.87. The van der Waals surface area contributed by atoms with Crippen LogP contribution in [0, 0.1) is 0 Å². The highest BCUT2D eigenvalue weighted by Gasteiger charge is 2.06. The molecule has 1 heterocycles. The Kier molecular flexibility index (Phi) is 3.67. The van der Waals surface area contributed by atoms with Crippen LogP contribution in [0.25, 0.3) is 16.8 Å². The fourth-order valence-electron chi connectivity index (χ4n) is 2.27. The summed E-state index contributed by atoms with van der Waals surface area (Å²) in [5.41, 5.74) is 3.82. The van der Waals surface area contributed by atoms with E-state index in [4.69, 9.17) is 5.11 Å².